The molecule has 2 rings (SSSR count). The summed E-state index contributed by atoms with van der Waals surface area (Å²) in [6.45, 7) is 1.55. The minimum atomic E-state index is -3.34. The van der Waals surface area contributed by atoms with E-state index >= 15 is 0 Å². The molecule has 0 unspecified atom stereocenters. The molecule has 0 radical (unpaired) electrons. The largest absolute Gasteiger partial charge is 0.279 e. The summed E-state index contributed by atoms with van der Waals surface area (Å²) in [4.78, 5) is 0. The van der Waals surface area contributed by atoms with E-state index in [1.165, 1.54) is 4.31 Å². The third-order valence-electron chi connectivity index (χ3n) is 3.10. The van der Waals surface area contributed by atoms with Crippen LogP contribution in [0.25, 0.3) is 0 Å². The van der Waals surface area contributed by atoms with Crippen LogP contribution in [0.5, 0.6) is 0 Å². The zero-order valence-corrected chi connectivity index (χ0v) is 12.7. The Bertz CT molecular complexity index is 543. The zero-order chi connectivity index (χ0) is 13.9. The van der Waals surface area contributed by atoms with E-state index in [0.717, 1.165) is 18.4 Å². The average molecular weight is 323 g/mol. The van der Waals surface area contributed by atoms with Crippen LogP contribution < -0.4 is 4.72 Å². The molecule has 1 saturated heterocycles. The fraction of sp³-hybridized carbons (Fsp3) is 0.500. The van der Waals surface area contributed by atoms with Gasteiger partial charge in [-0.25, -0.2) is 4.72 Å². The lowest BCUT2D eigenvalue weighted by molar-refractivity contribution is 0.465. The Kier molecular flexibility index (Phi) is 5.09. The molecule has 0 bridgehead atoms. The average Bonchev–Trinajstić information content (AvgIpc) is 2.86. The van der Waals surface area contributed by atoms with Gasteiger partial charge in [0.25, 0.3) is 10.2 Å². The van der Waals surface area contributed by atoms with Crippen LogP contribution in [0.4, 0.5) is 0 Å². The molecule has 0 saturated carbocycles. The van der Waals surface area contributed by atoms with E-state index in [1.54, 1.807) is 12.1 Å². The summed E-state index contributed by atoms with van der Waals surface area (Å²) >= 11 is 11.8. The second-order valence-corrected chi connectivity index (χ2v) is 7.09. The van der Waals surface area contributed by atoms with Crippen molar-refractivity contribution in [1.82, 2.24) is 9.03 Å². The van der Waals surface area contributed by atoms with E-state index in [9.17, 15) is 8.42 Å². The van der Waals surface area contributed by atoms with Gasteiger partial charge in [0, 0.05) is 29.7 Å². The lowest BCUT2D eigenvalue weighted by Gasteiger charge is -2.16. The van der Waals surface area contributed by atoms with E-state index < -0.39 is 10.2 Å². The fourth-order valence-corrected chi connectivity index (χ4v) is 3.84. The van der Waals surface area contributed by atoms with Gasteiger partial charge >= 0.3 is 0 Å². The SMILES string of the molecule is O=S(=O)(NCCc1ccc(Cl)cc1Cl)N1CCCC1. The summed E-state index contributed by atoms with van der Waals surface area (Å²) in [5, 5.41) is 1.14. The molecule has 1 aliphatic rings. The van der Waals surface area contributed by atoms with Crippen molar-refractivity contribution in [2.45, 2.75) is 19.3 Å². The fourth-order valence-electron chi connectivity index (χ4n) is 2.06. The third kappa shape index (κ3) is 4.07. The van der Waals surface area contributed by atoms with Crippen molar-refractivity contribution in [3.8, 4) is 0 Å². The van der Waals surface area contributed by atoms with E-state index in [0.29, 0.717) is 36.1 Å². The Labute approximate surface area is 123 Å². The lowest BCUT2D eigenvalue weighted by Crippen LogP contribution is -2.39. The molecule has 0 spiro atoms. The predicted molar refractivity (Wildman–Crippen MR) is 77.9 cm³/mol. The first-order valence-corrected chi connectivity index (χ1v) is 8.37. The molecule has 7 heteroatoms. The highest BCUT2D eigenvalue weighted by Gasteiger charge is 2.24. The normalized spacial score (nSPS) is 16.9. The van der Waals surface area contributed by atoms with Gasteiger partial charge in [-0.05, 0) is 37.0 Å². The van der Waals surface area contributed by atoms with Crippen molar-refractivity contribution in [2.75, 3.05) is 19.6 Å². The molecule has 19 heavy (non-hydrogen) atoms. The Hall–Kier alpha value is -0.330. The summed E-state index contributed by atoms with van der Waals surface area (Å²) in [6, 6.07) is 5.22. The summed E-state index contributed by atoms with van der Waals surface area (Å²) < 4.78 is 27.9. The maximum absolute atomic E-state index is 11.9. The Morgan fingerprint density at radius 2 is 1.89 bits per heavy atom. The number of halogens is 2. The Balaban J connectivity index is 1.89. The summed E-state index contributed by atoms with van der Waals surface area (Å²) in [7, 11) is -3.34. The quantitative estimate of drug-likeness (QED) is 0.905. The Morgan fingerprint density at radius 3 is 2.53 bits per heavy atom. The highest BCUT2D eigenvalue weighted by Crippen LogP contribution is 2.21. The molecule has 0 aliphatic carbocycles. The molecule has 1 aliphatic heterocycles. The van der Waals surface area contributed by atoms with Gasteiger partial charge in [0.05, 0.1) is 0 Å². The van der Waals surface area contributed by atoms with Gasteiger partial charge in [-0.3, -0.25) is 0 Å². The van der Waals surface area contributed by atoms with E-state index in [-0.39, 0.29) is 0 Å². The maximum Gasteiger partial charge on any atom is 0.279 e. The van der Waals surface area contributed by atoms with E-state index in [4.69, 9.17) is 23.2 Å². The van der Waals surface area contributed by atoms with Crippen molar-refractivity contribution >= 4 is 33.4 Å². The number of nitrogens with zero attached hydrogens (tertiary/aromatic N) is 1. The molecule has 1 aromatic carbocycles. The standard InChI is InChI=1S/C12H16Cl2N2O2S/c13-11-4-3-10(12(14)9-11)5-6-15-19(17,18)16-7-1-2-8-16/h3-4,9,15H,1-2,5-8H2. The second-order valence-electron chi connectivity index (χ2n) is 4.49. The summed E-state index contributed by atoms with van der Waals surface area (Å²) in [6.07, 6.45) is 2.41. The van der Waals surface area contributed by atoms with Crippen molar-refractivity contribution in [3.05, 3.63) is 33.8 Å². The zero-order valence-electron chi connectivity index (χ0n) is 10.4. The van der Waals surface area contributed by atoms with Crippen LogP contribution in [0.1, 0.15) is 18.4 Å². The van der Waals surface area contributed by atoms with Crippen LogP contribution in [-0.2, 0) is 16.6 Å². The van der Waals surface area contributed by atoms with E-state index in [1.807, 2.05) is 6.07 Å². The van der Waals surface area contributed by atoms with Crippen LogP contribution in [0.2, 0.25) is 10.0 Å². The van der Waals surface area contributed by atoms with Gasteiger partial charge in [0.15, 0.2) is 0 Å². The van der Waals surface area contributed by atoms with Gasteiger partial charge in [-0.15, -0.1) is 0 Å². The molecule has 1 heterocycles. The number of rotatable bonds is 5. The summed E-state index contributed by atoms with van der Waals surface area (Å²) in [5.41, 5.74) is 0.884. The topological polar surface area (TPSA) is 49.4 Å². The first kappa shape index (κ1) is 15.1. The lowest BCUT2D eigenvalue weighted by atomic mass is 10.1. The van der Waals surface area contributed by atoms with Crippen LogP contribution in [0.3, 0.4) is 0 Å². The first-order chi connectivity index (χ1) is 8.99. The maximum atomic E-state index is 11.9. The minimum absolute atomic E-state index is 0.334. The van der Waals surface area contributed by atoms with Gasteiger partial charge < -0.3 is 0 Å². The molecule has 1 aromatic rings. The molecule has 4 nitrogen and oxygen atoms in total. The highest BCUT2D eigenvalue weighted by atomic mass is 35.5. The van der Waals surface area contributed by atoms with Crippen LogP contribution in [0, 0.1) is 0 Å². The van der Waals surface area contributed by atoms with Gasteiger partial charge in [0.1, 0.15) is 0 Å². The van der Waals surface area contributed by atoms with Gasteiger partial charge in [-0.2, -0.15) is 12.7 Å². The van der Waals surface area contributed by atoms with Gasteiger partial charge in [0.2, 0.25) is 0 Å². The number of nitrogens with one attached hydrogen (secondary N) is 1. The number of hydrogen-bond donors (Lipinski definition) is 1. The first-order valence-electron chi connectivity index (χ1n) is 6.18. The van der Waals surface area contributed by atoms with Crippen LogP contribution >= 0.6 is 23.2 Å². The monoisotopic (exact) mass is 322 g/mol. The van der Waals surface area contributed by atoms with Crippen molar-refractivity contribution < 1.29 is 8.42 Å². The molecule has 0 amide bonds. The Morgan fingerprint density at radius 1 is 1.21 bits per heavy atom. The summed E-state index contributed by atoms with van der Waals surface area (Å²) in [5.74, 6) is 0. The minimum Gasteiger partial charge on any atom is -0.202 e. The second kappa shape index (κ2) is 6.41. The van der Waals surface area contributed by atoms with E-state index in [2.05, 4.69) is 4.72 Å². The van der Waals surface area contributed by atoms with Crippen LogP contribution in [-0.4, -0.2) is 32.4 Å². The molecular weight excluding hydrogens is 307 g/mol. The van der Waals surface area contributed by atoms with Crippen molar-refractivity contribution in [2.24, 2.45) is 0 Å². The predicted octanol–water partition coefficient (Wildman–Crippen LogP) is 2.47. The molecule has 0 aromatic heterocycles. The molecule has 106 valence electrons. The molecule has 1 N–H and O–H groups in total. The molecule has 1 fully saturated rings. The van der Waals surface area contributed by atoms with Crippen molar-refractivity contribution in [3.63, 3.8) is 0 Å². The third-order valence-corrected chi connectivity index (χ3v) is 5.30. The number of hydrogen-bond acceptors (Lipinski definition) is 2. The smallest absolute Gasteiger partial charge is 0.202 e. The van der Waals surface area contributed by atoms with Crippen molar-refractivity contribution in [1.29, 1.82) is 0 Å². The van der Waals surface area contributed by atoms with Crippen LogP contribution in [0.15, 0.2) is 18.2 Å². The highest BCUT2D eigenvalue weighted by molar-refractivity contribution is 7.87. The van der Waals surface area contributed by atoms with Gasteiger partial charge in [-0.1, -0.05) is 29.3 Å². The molecular formula is C12H16Cl2N2O2S. The number of benzene rings is 1. The molecule has 0 atom stereocenters.